The van der Waals surface area contributed by atoms with Gasteiger partial charge in [0.25, 0.3) is 0 Å². The quantitative estimate of drug-likeness (QED) is 0.831. The van der Waals surface area contributed by atoms with Gasteiger partial charge in [-0.2, -0.15) is 0 Å². The molecular weight excluding hydrogens is 248 g/mol. The first kappa shape index (κ1) is 15.8. The van der Waals surface area contributed by atoms with Crippen LogP contribution in [-0.4, -0.2) is 18.5 Å². The molecule has 3 unspecified atom stereocenters. The van der Waals surface area contributed by atoms with E-state index in [2.05, 4.69) is 19.2 Å². The van der Waals surface area contributed by atoms with Crippen LogP contribution in [0.5, 0.6) is 0 Å². The first-order valence-electron chi connectivity index (χ1n) is 8.59. The molecule has 0 heterocycles. The van der Waals surface area contributed by atoms with Crippen molar-refractivity contribution >= 4 is 5.91 Å². The second-order valence-electron chi connectivity index (χ2n) is 7.35. The molecule has 0 aromatic rings. The van der Waals surface area contributed by atoms with Crippen LogP contribution in [0.4, 0.5) is 0 Å². The summed E-state index contributed by atoms with van der Waals surface area (Å²) in [6.45, 7) is 5.30. The average molecular weight is 280 g/mol. The minimum Gasteiger partial charge on any atom is -0.356 e. The van der Waals surface area contributed by atoms with Crippen LogP contribution in [0.15, 0.2) is 0 Å². The van der Waals surface area contributed by atoms with Gasteiger partial charge in [0.05, 0.1) is 0 Å². The molecule has 3 N–H and O–H groups in total. The molecule has 1 amide bonds. The summed E-state index contributed by atoms with van der Waals surface area (Å²) in [4.78, 5) is 12.3. The van der Waals surface area contributed by atoms with E-state index in [0.717, 1.165) is 25.3 Å². The number of carbonyl (C=O) groups excluding carboxylic acids is 1. The number of nitrogens with one attached hydrogen (secondary N) is 1. The highest BCUT2D eigenvalue weighted by Crippen LogP contribution is 2.30. The third-order valence-corrected chi connectivity index (χ3v) is 5.58. The van der Waals surface area contributed by atoms with E-state index in [1.807, 2.05) is 0 Å². The Morgan fingerprint density at radius 3 is 2.55 bits per heavy atom. The summed E-state index contributed by atoms with van der Waals surface area (Å²) in [6.07, 6.45) is 9.73. The van der Waals surface area contributed by atoms with E-state index >= 15 is 0 Å². The maximum Gasteiger partial charge on any atom is 0.223 e. The normalized spacial score (nSPS) is 36.4. The van der Waals surface area contributed by atoms with Crippen molar-refractivity contribution in [1.29, 1.82) is 0 Å². The fraction of sp³-hybridized carbons (Fsp3) is 0.941. The van der Waals surface area contributed by atoms with Gasteiger partial charge in [-0.15, -0.1) is 0 Å². The molecule has 3 atom stereocenters. The first-order chi connectivity index (χ1) is 9.56. The van der Waals surface area contributed by atoms with E-state index in [4.69, 9.17) is 5.73 Å². The van der Waals surface area contributed by atoms with E-state index in [1.54, 1.807) is 0 Å². The number of hydrogen-bond acceptors (Lipinski definition) is 2. The highest BCUT2D eigenvalue weighted by atomic mass is 16.1. The highest BCUT2D eigenvalue weighted by Gasteiger charge is 2.29. The average Bonchev–Trinajstić information content (AvgIpc) is 2.45. The zero-order chi connectivity index (χ0) is 14.5. The topological polar surface area (TPSA) is 55.1 Å². The monoisotopic (exact) mass is 280 g/mol. The van der Waals surface area contributed by atoms with Crippen molar-refractivity contribution < 1.29 is 4.79 Å². The van der Waals surface area contributed by atoms with Gasteiger partial charge in [0, 0.05) is 18.5 Å². The van der Waals surface area contributed by atoms with E-state index in [0.29, 0.717) is 17.9 Å². The van der Waals surface area contributed by atoms with Crippen LogP contribution >= 0.6 is 0 Å². The Kier molecular flexibility index (Phi) is 5.88. The lowest BCUT2D eigenvalue weighted by Crippen LogP contribution is -2.40. The molecule has 0 bridgehead atoms. The summed E-state index contributed by atoms with van der Waals surface area (Å²) < 4.78 is 0. The third kappa shape index (κ3) is 4.47. The maximum atomic E-state index is 12.3. The van der Waals surface area contributed by atoms with Crippen LogP contribution in [0.1, 0.15) is 65.2 Å². The smallest absolute Gasteiger partial charge is 0.223 e. The Morgan fingerprint density at radius 2 is 1.90 bits per heavy atom. The van der Waals surface area contributed by atoms with E-state index in [-0.39, 0.29) is 11.8 Å². The molecule has 0 aromatic carbocycles. The van der Waals surface area contributed by atoms with Crippen LogP contribution in [-0.2, 0) is 4.79 Å². The molecule has 20 heavy (non-hydrogen) atoms. The molecule has 0 aliphatic heterocycles. The molecule has 2 rings (SSSR count). The SMILES string of the molecule is CC1CCC(CNC(=O)C(C)C2CCCC(N)C2)CC1. The van der Waals surface area contributed by atoms with Crippen molar-refractivity contribution in [2.24, 2.45) is 29.4 Å². The summed E-state index contributed by atoms with van der Waals surface area (Å²) in [5, 5.41) is 3.20. The fourth-order valence-corrected chi connectivity index (χ4v) is 3.87. The zero-order valence-corrected chi connectivity index (χ0v) is 13.2. The molecule has 0 saturated heterocycles. The summed E-state index contributed by atoms with van der Waals surface area (Å²) in [5.41, 5.74) is 6.04. The zero-order valence-electron chi connectivity index (χ0n) is 13.2. The van der Waals surface area contributed by atoms with Crippen molar-refractivity contribution in [2.45, 2.75) is 71.3 Å². The molecule has 0 aromatic heterocycles. The van der Waals surface area contributed by atoms with Gasteiger partial charge in [-0.3, -0.25) is 4.79 Å². The van der Waals surface area contributed by atoms with E-state index in [1.165, 1.54) is 38.5 Å². The molecule has 2 saturated carbocycles. The van der Waals surface area contributed by atoms with Crippen LogP contribution in [0.3, 0.4) is 0 Å². The lowest BCUT2D eigenvalue weighted by atomic mass is 9.78. The Morgan fingerprint density at radius 1 is 1.20 bits per heavy atom. The Labute approximate surface area is 124 Å². The summed E-state index contributed by atoms with van der Waals surface area (Å²) >= 11 is 0. The molecule has 3 nitrogen and oxygen atoms in total. The predicted molar refractivity (Wildman–Crippen MR) is 83.2 cm³/mol. The van der Waals surface area contributed by atoms with Gasteiger partial charge in [0.2, 0.25) is 5.91 Å². The summed E-state index contributed by atoms with van der Waals surface area (Å²) in [5.74, 6) is 2.46. The number of hydrogen-bond donors (Lipinski definition) is 2. The van der Waals surface area contributed by atoms with Gasteiger partial charge in [-0.05, 0) is 49.9 Å². The number of amides is 1. The third-order valence-electron chi connectivity index (χ3n) is 5.58. The standard InChI is InChI=1S/C17H32N2O/c1-12-6-8-14(9-7-12)11-19-17(20)13(2)15-4-3-5-16(18)10-15/h12-16H,3-11,18H2,1-2H3,(H,19,20). The second kappa shape index (κ2) is 7.44. The van der Waals surface area contributed by atoms with Crippen molar-refractivity contribution in [3.63, 3.8) is 0 Å². The number of rotatable bonds is 4. The lowest BCUT2D eigenvalue weighted by molar-refractivity contribution is -0.126. The lowest BCUT2D eigenvalue weighted by Gasteiger charge is -2.31. The van der Waals surface area contributed by atoms with E-state index in [9.17, 15) is 4.79 Å². The Bertz CT molecular complexity index is 310. The fourth-order valence-electron chi connectivity index (χ4n) is 3.87. The van der Waals surface area contributed by atoms with E-state index < -0.39 is 0 Å². The van der Waals surface area contributed by atoms with Gasteiger partial charge in [0.15, 0.2) is 0 Å². The predicted octanol–water partition coefficient (Wildman–Crippen LogP) is 3.08. The number of nitrogens with two attached hydrogens (primary N) is 1. The van der Waals surface area contributed by atoms with Crippen molar-refractivity contribution in [3.8, 4) is 0 Å². The maximum absolute atomic E-state index is 12.3. The van der Waals surface area contributed by atoms with Crippen LogP contribution in [0.25, 0.3) is 0 Å². The van der Waals surface area contributed by atoms with Crippen LogP contribution in [0, 0.1) is 23.7 Å². The van der Waals surface area contributed by atoms with Crippen LogP contribution in [0.2, 0.25) is 0 Å². The molecular formula is C17H32N2O. The van der Waals surface area contributed by atoms with Crippen molar-refractivity contribution in [2.75, 3.05) is 6.54 Å². The molecule has 0 radical (unpaired) electrons. The van der Waals surface area contributed by atoms with Gasteiger partial charge >= 0.3 is 0 Å². The minimum atomic E-state index is 0.129. The van der Waals surface area contributed by atoms with Crippen molar-refractivity contribution in [3.05, 3.63) is 0 Å². The molecule has 2 aliphatic carbocycles. The summed E-state index contributed by atoms with van der Waals surface area (Å²) in [7, 11) is 0. The molecule has 0 spiro atoms. The highest BCUT2D eigenvalue weighted by molar-refractivity contribution is 5.78. The van der Waals surface area contributed by atoms with Gasteiger partial charge in [0.1, 0.15) is 0 Å². The Balaban J connectivity index is 1.71. The minimum absolute atomic E-state index is 0.129. The van der Waals surface area contributed by atoms with Gasteiger partial charge in [-0.25, -0.2) is 0 Å². The molecule has 116 valence electrons. The molecule has 3 heteroatoms. The first-order valence-corrected chi connectivity index (χ1v) is 8.59. The Hall–Kier alpha value is -0.570. The molecule has 2 aliphatic rings. The molecule has 2 fully saturated rings. The van der Waals surface area contributed by atoms with Gasteiger partial charge in [-0.1, -0.05) is 33.1 Å². The summed E-state index contributed by atoms with van der Waals surface area (Å²) in [6, 6.07) is 0.309. The second-order valence-corrected chi connectivity index (χ2v) is 7.35. The van der Waals surface area contributed by atoms with Crippen molar-refractivity contribution in [1.82, 2.24) is 5.32 Å². The number of carbonyl (C=O) groups is 1. The largest absolute Gasteiger partial charge is 0.356 e. The van der Waals surface area contributed by atoms with Crippen LogP contribution < -0.4 is 11.1 Å². The van der Waals surface area contributed by atoms with Gasteiger partial charge < -0.3 is 11.1 Å².